The minimum Gasteiger partial charge on any atom is -0.493 e. The molecule has 1 aliphatic carbocycles. The van der Waals surface area contributed by atoms with Crippen LogP contribution in [0.3, 0.4) is 0 Å². The lowest BCUT2D eigenvalue weighted by atomic mass is 10.0. The smallest absolute Gasteiger partial charge is 0.241 e. The summed E-state index contributed by atoms with van der Waals surface area (Å²) in [6.07, 6.45) is 6.60. The quantitative estimate of drug-likeness (QED) is 0.559. The molecule has 1 amide bonds. The Morgan fingerprint density at radius 3 is 2.25 bits per heavy atom. The monoisotopic (exact) mass is 460 g/mol. The zero-order chi connectivity index (χ0) is 23.0. The normalized spacial score (nSPS) is 16.1. The summed E-state index contributed by atoms with van der Waals surface area (Å²) in [5.74, 6) is 0.432. The first-order valence-electron chi connectivity index (χ1n) is 11.0. The molecule has 3 rings (SSSR count). The van der Waals surface area contributed by atoms with Gasteiger partial charge >= 0.3 is 0 Å². The molecule has 0 unspecified atom stereocenters. The van der Waals surface area contributed by atoms with Gasteiger partial charge in [-0.3, -0.25) is 4.79 Å². The van der Waals surface area contributed by atoms with Gasteiger partial charge in [-0.2, -0.15) is 4.72 Å². The van der Waals surface area contributed by atoms with Crippen molar-refractivity contribution in [3.63, 3.8) is 0 Å². The number of ether oxygens (including phenoxy) is 2. The highest BCUT2D eigenvalue weighted by atomic mass is 32.2. The highest BCUT2D eigenvalue weighted by Crippen LogP contribution is 2.29. The molecule has 2 aromatic rings. The van der Waals surface area contributed by atoms with Crippen LogP contribution in [-0.4, -0.2) is 40.6 Å². The molecule has 1 saturated carbocycles. The molecule has 0 aliphatic heterocycles. The maximum Gasteiger partial charge on any atom is 0.241 e. The van der Waals surface area contributed by atoms with Crippen molar-refractivity contribution >= 4 is 15.9 Å². The fraction of sp³-hybridized carbons (Fsp3) is 0.458. The summed E-state index contributed by atoms with van der Waals surface area (Å²) < 4.78 is 39.4. The lowest BCUT2D eigenvalue weighted by Crippen LogP contribution is -2.50. The highest BCUT2D eigenvalue weighted by Gasteiger charge is 2.28. The number of methoxy groups -OCH3 is 2. The van der Waals surface area contributed by atoms with Crippen LogP contribution in [-0.2, 0) is 21.2 Å². The van der Waals surface area contributed by atoms with Gasteiger partial charge in [0.1, 0.15) is 6.04 Å². The van der Waals surface area contributed by atoms with E-state index < -0.39 is 16.1 Å². The Kier molecular flexibility index (Phi) is 8.53. The number of carbonyl (C=O) groups excluding carboxylic acids is 1. The van der Waals surface area contributed by atoms with Gasteiger partial charge in [0.05, 0.1) is 19.1 Å². The molecule has 8 heteroatoms. The number of hydrogen-bond donors (Lipinski definition) is 2. The Labute approximate surface area is 190 Å². The molecule has 0 saturated heterocycles. The van der Waals surface area contributed by atoms with Crippen LogP contribution < -0.4 is 19.5 Å². The summed E-state index contributed by atoms with van der Waals surface area (Å²) in [6, 6.07) is 12.9. The molecule has 0 bridgehead atoms. The maximum absolute atomic E-state index is 13.2. The van der Waals surface area contributed by atoms with Crippen molar-refractivity contribution in [2.24, 2.45) is 0 Å². The van der Waals surface area contributed by atoms with Crippen molar-refractivity contribution in [2.45, 2.75) is 61.9 Å². The van der Waals surface area contributed by atoms with E-state index in [2.05, 4.69) is 10.0 Å². The van der Waals surface area contributed by atoms with Crippen molar-refractivity contribution < 1.29 is 22.7 Å². The van der Waals surface area contributed by atoms with Gasteiger partial charge in [0.25, 0.3) is 0 Å². The molecule has 0 heterocycles. The van der Waals surface area contributed by atoms with Crippen LogP contribution >= 0.6 is 0 Å². The third kappa shape index (κ3) is 6.46. The highest BCUT2D eigenvalue weighted by molar-refractivity contribution is 7.89. The lowest BCUT2D eigenvalue weighted by molar-refractivity contribution is -0.123. The van der Waals surface area contributed by atoms with Crippen molar-refractivity contribution in [3.05, 3.63) is 54.1 Å². The van der Waals surface area contributed by atoms with Gasteiger partial charge in [0.2, 0.25) is 15.9 Å². The number of amides is 1. The van der Waals surface area contributed by atoms with E-state index >= 15 is 0 Å². The maximum atomic E-state index is 13.2. The van der Waals surface area contributed by atoms with Gasteiger partial charge in [-0.05, 0) is 37.0 Å². The van der Waals surface area contributed by atoms with Gasteiger partial charge in [-0.1, -0.05) is 56.0 Å². The zero-order valence-corrected chi connectivity index (χ0v) is 19.5. The van der Waals surface area contributed by atoms with E-state index in [0.717, 1.165) is 31.2 Å². The van der Waals surface area contributed by atoms with Crippen molar-refractivity contribution in [3.8, 4) is 11.5 Å². The van der Waals surface area contributed by atoms with Crippen LogP contribution in [0.15, 0.2) is 53.4 Å². The molecule has 0 radical (unpaired) electrons. The average Bonchev–Trinajstić information content (AvgIpc) is 3.07. The van der Waals surface area contributed by atoms with E-state index in [-0.39, 0.29) is 23.3 Å². The average molecular weight is 461 g/mol. The van der Waals surface area contributed by atoms with Gasteiger partial charge in [-0.25, -0.2) is 8.42 Å². The van der Waals surface area contributed by atoms with Crippen LogP contribution in [0.1, 0.15) is 44.1 Å². The molecule has 7 nitrogen and oxygen atoms in total. The van der Waals surface area contributed by atoms with E-state index in [9.17, 15) is 13.2 Å². The Bertz CT molecular complexity index is 987. The van der Waals surface area contributed by atoms with E-state index in [0.29, 0.717) is 11.5 Å². The first-order valence-corrected chi connectivity index (χ1v) is 12.5. The third-order valence-electron chi connectivity index (χ3n) is 5.76. The number of rotatable bonds is 9. The summed E-state index contributed by atoms with van der Waals surface area (Å²) >= 11 is 0. The van der Waals surface area contributed by atoms with Crippen LogP contribution in [0.25, 0.3) is 0 Å². The summed E-state index contributed by atoms with van der Waals surface area (Å²) in [6.45, 7) is 0. The third-order valence-corrected chi connectivity index (χ3v) is 7.23. The van der Waals surface area contributed by atoms with Gasteiger partial charge in [0, 0.05) is 12.1 Å². The molecule has 174 valence electrons. The Balaban J connectivity index is 1.82. The van der Waals surface area contributed by atoms with Crippen LogP contribution in [0.4, 0.5) is 0 Å². The molecule has 2 aromatic carbocycles. The summed E-state index contributed by atoms with van der Waals surface area (Å²) in [7, 11) is -1.05. The van der Waals surface area contributed by atoms with Crippen molar-refractivity contribution in [2.75, 3.05) is 14.2 Å². The summed E-state index contributed by atoms with van der Waals surface area (Å²) in [5, 5.41) is 3.08. The predicted molar refractivity (Wildman–Crippen MR) is 123 cm³/mol. The SMILES string of the molecule is COc1ccc(S(=O)(=O)N[C@@H](Cc2ccccc2)C(=O)NC2CCCCCC2)cc1OC. The van der Waals surface area contributed by atoms with Crippen LogP contribution in [0.2, 0.25) is 0 Å². The number of carbonyl (C=O) groups is 1. The van der Waals surface area contributed by atoms with E-state index in [1.807, 2.05) is 30.3 Å². The molecule has 1 aliphatic rings. The molecule has 1 atom stereocenters. The van der Waals surface area contributed by atoms with Crippen molar-refractivity contribution in [1.82, 2.24) is 10.0 Å². The fourth-order valence-corrected chi connectivity index (χ4v) is 5.21. The van der Waals surface area contributed by atoms with E-state index in [4.69, 9.17) is 9.47 Å². The van der Waals surface area contributed by atoms with Crippen LogP contribution in [0, 0.1) is 0 Å². The van der Waals surface area contributed by atoms with Gasteiger partial charge in [-0.15, -0.1) is 0 Å². The topological polar surface area (TPSA) is 93.7 Å². The first kappa shape index (κ1) is 24.1. The minimum absolute atomic E-state index is 0.00970. The number of sulfonamides is 1. The molecule has 1 fully saturated rings. The summed E-state index contributed by atoms with van der Waals surface area (Å²) in [5.41, 5.74) is 0.878. The number of nitrogens with one attached hydrogen (secondary N) is 2. The Morgan fingerprint density at radius 1 is 0.969 bits per heavy atom. The number of hydrogen-bond acceptors (Lipinski definition) is 5. The molecule has 32 heavy (non-hydrogen) atoms. The second kappa shape index (κ2) is 11.3. The fourth-order valence-electron chi connectivity index (χ4n) is 4.00. The van der Waals surface area contributed by atoms with E-state index in [1.54, 1.807) is 0 Å². The Hall–Kier alpha value is -2.58. The predicted octanol–water partition coefficient (Wildman–Crippen LogP) is 3.43. The standard InChI is InChI=1S/C24H32N2O5S/c1-30-22-15-14-20(17-23(22)31-2)32(28,29)26-21(16-18-10-6-5-7-11-18)24(27)25-19-12-8-3-4-9-13-19/h5-7,10-11,14-15,17,19,21,26H,3-4,8-9,12-13,16H2,1-2H3,(H,25,27)/t21-/m0/s1. The summed E-state index contributed by atoms with van der Waals surface area (Å²) in [4.78, 5) is 13.2. The first-order chi connectivity index (χ1) is 15.4. The second-order valence-electron chi connectivity index (χ2n) is 8.08. The largest absolute Gasteiger partial charge is 0.493 e. The molecule has 2 N–H and O–H groups in total. The lowest BCUT2D eigenvalue weighted by Gasteiger charge is -2.23. The van der Waals surface area contributed by atoms with E-state index in [1.165, 1.54) is 45.3 Å². The zero-order valence-electron chi connectivity index (χ0n) is 18.7. The van der Waals surface area contributed by atoms with Crippen molar-refractivity contribution in [1.29, 1.82) is 0 Å². The molecule has 0 aromatic heterocycles. The van der Waals surface area contributed by atoms with Gasteiger partial charge in [0.15, 0.2) is 11.5 Å². The molecular weight excluding hydrogens is 428 g/mol. The minimum atomic E-state index is -3.98. The second-order valence-corrected chi connectivity index (χ2v) is 9.79. The Morgan fingerprint density at radius 2 is 1.62 bits per heavy atom. The molecule has 0 spiro atoms. The molecular formula is C24H32N2O5S. The van der Waals surface area contributed by atoms with Gasteiger partial charge < -0.3 is 14.8 Å². The number of benzene rings is 2. The van der Waals surface area contributed by atoms with Crippen LogP contribution in [0.5, 0.6) is 11.5 Å².